The number of methoxy groups -OCH3 is 1. The Kier molecular flexibility index (Phi) is 24.3. The Morgan fingerprint density at radius 3 is 2.41 bits per heavy atom. The van der Waals surface area contributed by atoms with E-state index in [9.17, 15) is 58.2 Å². The fourth-order valence-electron chi connectivity index (χ4n) is 10.6. The Labute approximate surface area is 535 Å². The smallest absolute Gasteiger partial charge is 0.412 e. The number of aliphatic hydroxyl groups is 2. The van der Waals surface area contributed by atoms with Crippen molar-refractivity contribution in [1.29, 1.82) is 0 Å². The van der Waals surface area contributed by atoms with Gasteiger partial charge in [-0.25, -0.2) is 24.0 Å². The van der Waals surface area contributed by atoms with Crippen molar-refractivity contribution in [2.24, 2.45) is 17.3 Å². The first kappa shape index (κ1) is 70.5. The standard InChI is InChI=1S/C61H79ClN8O20S/c1-35-12-10-14-47(71)61(82)30-46(88-57(79)65-61)36(2)41-29-60(41,4)48(28-52(75)69(8)44-26-39(24-35)27-45(83-9)54(44)62)89-55(77)37(3)68(7)49(72)19-23-91-59(81)67(6)21-20-66(5)58(80)86-32-38-15-16-42(64-56(78)87-40-13-11-22-84-34-85-33-40)43(25-38)63-31-53(76)90-70-50(73)17-18-51(70)74/h10-16,25-27,36-37,40-41,46-48,63,71,82H,17-24,28-34H2,1-9H3,(H,64,78)(H,65,79)/b13-11+,14-10+,35-12+/t36-,37-,40?,41-,46-,47+,48-,60+,61-/m0/s1. The number of hydrogen-bond donors (Lipinski definition) is 5. The second-order valence-electron chi connectivity index (χ2n) is 23.2. The van der Waals surface area contributed by atoms with Crippen LogP contribution in [0.25, 0.3) is 0 Å². The minimum absolute atomic E-state index is 0.00695. The van der Waals surface area contributed by atoms with Crippen LogP contribution in [-0.2, 0) is 75.1 Å². The number of benzene rings is 2. The Hall–Kier alpha value is -7.96. The summed E-state index contributed by atoms with van der Waals surface area (Å²) in [5.74, 6) is -4.54. The Bertz CT molecular complexity index is 3170. The third kappa shape index (κ3) is 18.6. The van der Waals surface area contributed by atoms with Gasteiger partial charge in [0.2, 0.25) is 11.8 Å². The van der Waals surface area contributed by atoms with E-state index in [4.69, 9.17) is 49.6 Å². The van der Waals surface area contributed by atoms with Crippen LogP contribution >= 0.6 is 23.4 Å². The first-order chi connectivity index (χ1) is 43.1. The van der Waals surface area contributed by atoms with Gasteiger partial charge in [0.25, 0.3) is 17.1 Å². The molecule has 4 heterocycles. The molecule has 9 atom stereocenters. The quantitative estimate of drug-likeness (QED) is 0.0519. The number of hydroxylamine groups is 2. The SMILES string of the molecule is COc1cc2cc(c1Cl)N(C)C(=O)C[C@H](OC(=O)[C@H](C)N(C)C(=O)CCSC(=O)N(C)CCN(C)C(=O)OCc1ccc(NC(=O)OC3/C=C/COCOC3)c(NCC(=O)ON3C(=O)CCC3=O)c1)[C@]1(C)C[C@H]1[C@H](C)[C@@H]1C[C@@](O)(NC(=O)O1)[C@H](O)/C=C/C=C(\C)C2. The zero-order valence-electron chi connectivity index (χ0n) is 52.2. The van der Waals surface area contributed by atoms with Crippen molar-refractivity contribution in [2.45, 2.75) is 115 Å². The minimum Gasteiger partial charge on any atom is -0.495 e. The van der Waals surface area contributed by atoms with E-state index in [1.54, 1.807) is 49.6 Å². The monoisotopic (exact) mass is 1310 g/mol. The zero-order chi connectivity index (χ0) is 66.5. The van der Waals surface area contributed by atoms with E-state index >= 15 is 0 Å². The highest BCUT2D eigenvalue weighted by atomic mass is 35.5. The number of hydrogen-bond acceptors (Lipinski definition) is 22. The van der Waals surface area contributed by atoms with E-state index in [1.165, 1.54) is 73.0 Å². The Balaban J connectivity index is 0.920. The largest absolute Gasteiger partial charge is 0.495 e. The molecule has 91 heavy (non-hydrogen) atoms. The maximum Gasteiger partial charge on any atom is 0.412 e. The van der Waals surface area contributed by atoms with E-state index in [-0.39, 0.29) is 99.9 Å². The van der Waals surface area contributed by atoms with Crippen molar-refractivity contribution in [2.75, 3.05) is 96.2 Å². The Morgan fingerprint density at radius 2 is 1.68 bits per heavy atom. The number of rotatable bonds is 18. The summed E-state index contributed by atoms with van der Waals surface area (Å²) in [5, 5.41) is 30.7. The van der Waals surface area contributed by atoms with Crippen molar-refractivity contribution in [3.63, 3.8) is 0 Å². The number of anilines is 3. The lowest BCUT2D eigenvalue weighted by Gasteiger charge is -2.41. The van der Waals surface area contributed by atoms with Gasteiger partial charge < -0.3 is 73.1 Å². The number of halogens is 1. The number of alkyl carbamates (subject to hydrolysis) is 1. The number of amides is 8. The summed E-state index contributed by atoms with van der Waals surface area (Å²) in [6.07, 6.45) is 1.06. The molecule has 1 unspecified atom stereocenters. The first-order valence-corrected chi connectivity index (χ1v) is 30.8. The van der Waals surface area contributed by atoms with Crippen LogP contribution in [-0.4, -0.2) is 206 Å². The number of nitrogens with one attached hydrogen (secondary N) is 3. The molecular weight excluding hydrogens is 1230 g/mol. The van der Waals surface area contributed by atoms with Gasteiger partial charge in [0.05, 0.1) is 43.8 Å². The van der Waals surface area contributed by atoms with E-state index in [1.807, 2.05) is 20.8 Å². The highest BCUT2D eigenvalue weighted by Gasteiger charge is 2.62. The van der Waals surface area contributed by atoms with Gasteiger partial charge in [-0.3, -0.25) is 34.6 Å². The third-order valence-electron chi connectivity index (χ3n) is 16.5. The molecule has 0 spiro atoms. The number of imide groups is 1. The van der Waals surface area contributed by atoms with Gasteiger partial charge in [-0.15, -0.1) is 5.06 Å². The van der Waals surface area contributed by atoms with Gasteiger partial charge in [-0.2, -0.15) is 0 Å². The van der Waals surface area contributed by atoms with E-state index < -0.39 is 113 Å². The fraction of sp³-hybridized carbons (Fsp3) is 0.541. The van der Waals surface area contributed by atoms with Gasteiger partial charge in [-0.05, 0) is 80.0 Å². The van der Waals surface area contributed by atoms with Crippen LogP contribution in [0.2, 0.25) is 5.02 Å². The number of ether oxygens (including phenoxy) is 7. The number of carbonyl (C=O) groups is 10. The van der Waals surface area contributed by atoms with Gasteiger partial charge in [0, 0.05) is 78.1 Å². The fourth-order valence-corrected chi connectivity index (χ4v) is 11.7. The molecule has 2 aromatic rings. The highest BCUT2D eigenvalue weighted by molar-refractivity contribution is 8.13. The molecule has 2 saturated heterocycles. The summed E-state index contributed by atoms with van der Waals surface area (Å²) in [4.78, 5) is 141. The summed E-state index contributed by atoms with van der Waals surface area (Å²) in [6, 6.07) is 6.81. The van der Waals surface area contributed by atoms with Crippen LogP contribution in [0.5, 0.6) is 5.75 Å². The molecule has 0 radical (unpaired) electrons. The van der Waals surface area contributed by atoms with Crippen molar-refractivity contribution < 1.29 is 96.2 Å². The summed E-state index contributed by atoms with van der Waals surface area (Å²) < 4.78 is 39.0. The molecule has 7 rings (SSSR count). The topological polar surface area (TPSA) is 337 Å². The molecule has 496 valence electrons. The van der Waals surface area contributed by atoms with Crippen LogP contribution in [0.1, 0.15) is 77.3 Å². The third-order valence-corrected chi connectivity index (χ3v) is 17.9. The predicted octanol–water partition coefficient (Wildman–Crippen LogP) is 5.67. The van der Waals surface area contributed by atoms with Crippen LogP contribution in [0.4, 0.5) is 36.2 Å². The maximum absolute atomic E-state index is 14.4. The van der Waals surface area contributed by atoms with E-state index in [2.05, 4.69) is 16.0 Å². The number of aliphatic hydroxyl groups excluding tert-OH is 1. The second-order valence-corrected chi connectivity index (χ2v) is 24.6. The predicted molar refractivity (Wildman–Crippen MR) is 329 cm³/mol. The average molecular weight is 1310 g/mol. The van der Waals surface area contributed by atoms with Crippen molar-refractivity contribution in [3.8, 4) is 5.75 Å². The molecule has 2 aromatic carbocycles. The summed E-state index contributed by atoms with van der Waals surface area (Å²) in [6.45, 7) is 6.54. The molecule has 3 fully saturated rings. The second kappa shape index (κ2) is 31.4. The Morgan fingerprint density at radius 1 is 0.956 bits per heavy atom. The molecule has 0 aromatic heterocycles. The van der Waals surface area contributed by atoms with Gasteiger partial charge in [0.15, 0.2) is 5.72 Å². The van der Waals surface area contributed by atoms with E-state index in [0.29, 0.717) is 34.9 Å². The maximum atomic E-state index is 14.4. The average Bonchev–Trinajstić information content (AvgIpc) is 1.59. The van der Waals surface area contributed by atoms with Crippen molar-refractivity contribution in [3.05, 3.63) is 82.4 Å². The van der Waals surface area contributed by atoms with E-state index in [0.717, 1.165) is 22.9 Å². The summed E-state index contributed by atoms with van der Waals surface area (Å²) in [7, 11) is 7.39. The molecule has 4 aliphatic heterocycles. The summed E-state index contributed by atoms with van der Waals surface area (Å²) >= 11 is 7.68. The zero-order valence-corrected chi connectivity index (χ0v) is 53.8. The summed E-state index contributed by atoms with van der Waals surface area (Å²) in [5.41, 5.74) is -0.372. The van der Waals surface area contributed by atoms with Crippen LogP contribution in [0.3, 0.4) is 0 Å². The lowest BCUT2D eigenvalue weighted by Crippen LogP contribution is -2.63. The number of esters is 1. The number of nitrogens with zero attached hydrogens (tertiary/aromatic N) is 5. The van der Waals surface area contributed by atoms with Gasteiger partial charge in [0.1, 0.15) is 61.2 Å². The normalized spacial score (nSPS) is 25.9. The van der Waals surface area contributed by atoms with Crippen molar-refractivity contribution in [1.82, 2.24) is 25.1 Å². The molecule has 4 bridgehead atoms. The number of carbonyl (C=O) groups excluding carboxylic acids is 10. The molecule has 8 amide bonds. The molecule has 1 aliphatic carbocycles. The molecule has 28 nitrogen and oxygen atoms in total. The first-order valence-electron chi connectivity index (χ1n) is 29.4. The molecule has 5 N–H and O–H groups in total. The van der Waals surface area contributed by atoms with Crippen molar-refractivity contribution >= 4 is 99.5 Å². The minimum atomic E-state index is -2.09. The van der Waals surface area contributed by atoms with Gasteiger partial charge >= 0.3 is 30.2 Å². The molecule has 1 saturated carbocycles. The molecule has 5 aliphatic rings. The number of likely N-dealkylation sites (N-methyl/N-ethyl adjacent to an activating group) is 3. The lowest BCUT2D eigenvalue weighted by atomic mass is 9.83. The van der Waals surface area contributed by atoms with Crippen LogP contribution in [0.15, 0.2) is 66.3 Å². The van der Waals surface area contributed by atoms with Gasteiger partial charge in [-0.1, -0.05) is 73.2 Å². The number of thioether (sulfide) groups is 1. The molecule has 30 heteroatoms. The number of fused-ring (bicyclic) bond motifs is 5. The van der Waals surface area contributed by atoms with Crippen LogP contribution in [0, 0.1) is 17.3 Å². The highest BCUT2D eigenvalue weighted by Crippen LogP contribution is 2.61. The molecular formula is C61H79ClN8O20S. The number of allylic oxidation sites excluding steroid dienone is 3. The van der Waals surface area contributed by atoms with Crippen LogP contribution < -0.4 is 25.6 Å². The lowest BCUT2D eigenvalue weighted by molar-refractivity contribution is -0.196.